The number of H-pyrrole nitrogens is 1. The van der Waals surface area contributed by atoms with Crippen molar-refractivity contribution in [1.82, 2.24) is 30.3 Å². The number of nitrogen functional groups attached to an aromatic ring is 1. The largest absolute Gasteiger partial charge is 0.384 e. The highest BCUT2D eigenvalue weighted by atomic mass is 32.2. The number of pyridine rings is 1. The Labute approximate surface area is 172 Å². The molecule has 0 saturated heterocycles. The first-order valence-electron chi connectivity index (χ1n) is 8.42. The summed E-state index contributed by atoms with van der Waals surface area (Å²) in [4.78, 5) is 2.64. The molecule has 2 heterocycles. The van der Waals surface area contributed by atoms with Crippen molar-refractivity contribution in [2.24, 2.45) is 10.9 Å². The van der Waals surface area contributed by atoms with Crippen LogP contribution in [0, 0.1) is 0 Å². The van der Waals surface area contributed by atoms with Crippen molar-refractivity contribution in [2.75, 3.05) is 12.3 Å². The lowest BCUT2D eigenvalue weighted by atomic mass is 10.00. The van der Waals surface area contributed by atoms with Gasteiger partial charge in [-0.3, -0.25) is 0 Å². The lowest BCUT2D eigenvalue weighted by Gasteiger charge is -2.18. The maximum atomic E-state index is 12.9. The summed E-state index contributed by atoms with van der Waals surface area (Å²) in [6.07, 6.45) is 1.41. The Hall–Kier alpha value is -2.98. The van der Waals surface area contributed by atoms with Gasteiger partial charge in [-0.25, -0.2) is 31.7 Å². The van der Waals surface area contributed by atoms with E-state index < -0.39 is 35.9 Å². The lowest BCUT2D eigenvalue weighted by Crippen LogP contribution is -2.38. The fourth-order valence-electron chi connectivity index (χ4n) is 2.78. The minimum atomic E-state index is -4.58. The van der Waals surface area contributed by atoms with Gasteiger partial charge in [-0.05, 0) is 41.5 Å². The molecule has 1 unspecified atom stereocenters. The summed E-state index contributed by atoms with van der Waals surface area (Å²) in [6, 6.07) is 4.91. The Balaban J connectivity index is 2.42. The lowest BCUT2D eigenvalue weighted by molar-refractivity contribution is 0.557. The van der Waals surface area contributed by atoms with E-state index in [4.69, 9.17) is 16.6 Å². The van der Waals surface area contributed by atoms with Crippen molar-refractivity contribution in [3.8, 4) is 22.5 Å². The van der Waals surface area contributed by atoms with Crippen molar-refractivity contribution in [1.29, 1.82) is 0 Å². The van der Waals surface area contributed by atoms with Crippen LogP contribution in [0.15, 0.2) is 40.3 Å². The Morgan fingerprint density at radius 1 is 1.20 bits per heavy atom. The Kier molecular flexibility index (Phi) is 5.82. The van der Waals surface area contributed by atoms with Gasteiger partial charge in [0, 0.05) is 18.8 Å². The number of hydrogen-bond donors (Lipinski definition) is 5. The number of primary sulfonamides is 1. The summed E-state index contributed by atoms with van der Waals surface area (Å²) in [5.41, 5.74) is 11.8. The number of rotatable bonds is 7. The van der Waals surface area contributed by atoms with Gasteiger partial charge in [-0.2, -0.15) is 5.21 Å². The Morgan fingerprint density at radius 3 is 2.50 bits per heavy atom. The van der Waals surface area contributed by atoms with Crippen LogP contribution in [-0.2, 0) is 20.0 Å². The van der Waals surface area contributed by atoms with Crippen LogP contribution in [0.4, 0.5) is 5.82 Å². The molecule has 0 radical (unpaired) electrons. The number of tetrazole rings is 1. The quantitative estimate of drug-likeness (QED) is 0.286. The molecule has 0 fully saturated rings. The zero-order chi connectivity index (χ0) is 22.1. The minimum Gasteiger partial charge on any atom is -0.384 e. The van der Waals surface area contributed by atoms with Gasteiger partial charge >= 0.3 is 0 Å². The molecule has 3 aromatic rings. The highest BCUT2D eigenvalue weighted by Gasteiger charge is 2.32. The summed E-state index contributed by atoms with van der Waals surface area (Å²) in [6.45, 7) is 1.53. The summed E-state index contributed by atoms with van der Waals surface area (Å²) in [5.74, 6) is -0.00724. The SMILES string of the molecule is CC(CN)NS(=O)(=O)c1ccc(-c2ccnc(N)c2)c(-c2nn[nH]n2)c1S(N)(=O)=O. The second-order valence-corrected chi connectivity index (χ2v) is 9.50. The number of sulfonamides is 2. The third kappa shape index (κ3) is 4.29. The van der Waals surface area contributed by atoms with Crippen LogP contribution < -0.4 is 21.3 Å². The molecule has 0 aliphatic rings. The average molecular weight is 454 g/mol. The van der Waals surface area contributed by atoms with E-state index in [1.165, 1.54) is 25.3 Å². The number of nitrogens with one attached hydrogen (secondary N) is 2. The van der Waals surface area contributed by atoms with E-state index >= 15 is 0 Å². The van der Waals surface area contributed by atoms with Crippen LogP contribution in [0.3, 0.4) is 0 Å². The van der Waals surface area contributed by atoms with Gasteiger partial charge in [-0.1, -0.05) is 6.07 Å². The van der Waals surface area contributed by atoms with Crippen LogP contribution in [0.2, 0.25) is 0 Å². The van der Waals surface area contributed by atoms with Crippen molar-refractivity contribution in [3.05, 3.63) is 30.5 Å². The van der Waals surface area contributed by atoms with E-state index in [2.05, 4.69) is 30.3 Å². The zero-order valence-corrected chi connectivity index (χ0v) is 17.3. The summed E-state index contributed by atoms with van der Waals surface area (Å²) in [7, 11) is -8.89. The molecule has 0 aliphatic carbocycles. The number of benzene rings is 1. The first-order valence-corrected chi connectivity index (χ1v) is 11.5. The second-order valence-electron chi connectivity index (χ2n) is 6.32. The highest BCUT2D eigenvalue weighted by Crippen LogP contribution is 2.38. The smallest absolute Gasteiger partial charge is 0.242 e. The molecule has 0 aliphatic heterocycles. The molecule has 0 spiro atoms. The molecule has 30 heavy (non-hydrogen) atoms. The highest BCUT2D eigenvalue weighted by molar-refractivity contribution is 7.92. The number of hydrogen-bond acceptors (Lipinski definition) is 10. The van der Waals surface area contributed by atoms with Crippen molar-refractivity contribution in [3.63, 3.8) is 0 Å². The van der Waals surface area contributed by atoms with Gasteiger partial charge in [0.25, 0.3) is 0 Å². The third-order valence-electron chi connectivity index (χ3n) is 4.07. The summed E-state index contributed by atoms with van der Waals surface area (Å²) in [5, 5.41) is 18.7. The molecule has 0 saturated carbocycles. The summed E-state index contributed by atoms with van der Waals surface area (Å²) >= 11 is 0. The van der Waals surface area contributed by atoms with Gasteiger partial charge < -0.3 is 11.5 Å². The van der Waals surface area contributed by atoms with Crippen LogP contribution in [0.1, 0.15) is 6.92 Å². The maximum Gasteiger partial charge on any atom is 0.242 e. The van der Waals surface area contributed by atoms with E-state index in [0.29, 0.717) is 5.56 Å². The molecule has 8 N–H and O–H groups in total. The fourth-order valence-corrected chi connectivity index (χ4v) is 5.64. The van der Waals surface area contributed by atoms with E-state index in [1.54, 1.807) is 6.07 Å². The van der Waals surface area contributed by atoms with Gasteiger partial charge in [0.05, 0.1) is 5.56 Å². The van der Waals surface area contributed by atoms with Crippen molar-refractivity contribution >= 4 is 25.9 Å². The van der Waals surface area contributed by atoms with Crippen LogP contribution in [0.5, 0.6) is 0 Å². The van der Waals surface area contributed by atoms with Gasteiger partial charge in [0.15, 0.2) is 0 Å². The fraction of sp³-hybridized carbons (Fsp3) is 0.200. The molecular weight excluding hydrogens is 434 g/mol. The van der Waals surface area contributed by atoms with Crippen molar-refractivity contribution < 1.29 is 16.8 Å². The van der Waals surface area contributed by atoms with Crippen molar-refractivity contribution in [2.45, 2.75) is 22.8 Å². The number of nitrogens with two attached hydrogens (primary N) is 3. The van der Waals surface area contributed by atoms with Gasteiger partial charge in [0.1, 0.15) is 15.6 Å². The van der Waals surface area contributed by atoms with Crippen LogP contribution in [0.25, 0.3) is 22.5 Å². The first-order chi connectivity index (χ1) is 14.0. The molecule has 13 nitrogen and oxygen atoms in total. The molecule has 15 heteroatoms. The number of nitrogens with zero attached hydrogens (tertiary/aromatic N) is 4. The number of aromatic amines is 1. The normalized spacial score (nSPS) is 13.3. The first kappa shape index (κ1) is 21.7. The predicted octanol–water partition coefficient (Wildman–Crippen LogP) is -1.22. The molecule has 1 aromatic carbocycles. The Morgan fingerprint density at radius 2 is 1.93 bits per heavy atom. The molecule has 2 aromatic heterocycles. The van der Waals surface area contributed by atoms with Gasteiger partial charge in [-0.15, -0.1) is 10.2 Å². The third-order valence-corrected chi connectivity index (χ3v) is 6.82. The van der Waals surface area contributed by atoms with E-state index in [9.17, 15) is 16.8 Å². The maximum absolute atomic E-state index is 12.9. The minimum absolute atomic E-state index is 0.00396. The zero-order valence-electron chi connectivity index (χ0n) is 15.6. The molecule has 160 valence electrons. The molecule has 0 amide bonds. The standard InChI is InChI=1S/C15H19N9O4S2/c1-8(7-16)22-30(27,28)11-3-2-10(9-4-5-19-12(17)6-9)13(14(11)29(18,25)26)15-20-23-24-21-15/h2-6,8,22H,7,16H2,1H3,(H2,17,19)(H2,18,25,26)(H,20,21,23,24). The van der Waals surface area contributed by atoms with Crippen LogP contribution >= 0.6 is 0 Å². The molecule has 0 bridgehead atoms. The number of aromatic nitrogens is 5. The monoisotopic (exact) mass is 453 g/mol. The van der Waals surface area contributed by atoms with E-state index in [-0.39, 0.29) is 29.3 Å². The topological polar surface area (TPSA) is 226 Å². The van der Waals surface area contributed by atoms with Gasteiger partial charge in [0.2, 0.25) is 25.9 Å². The molecule has 3 rings (SSSR count). The number of anilines is 1. The van der Waals surface area contributed by atoms with E-state index in [0.717, 1.165) is 6.07 Å². The molecule has 1 atom stereocenters. The Bertz CT molecular complexity index is 1280. The molecular formula is C15H19N9O4S2. The van der Waals surface area contributed by atoms with E-state index in [1.807, 2.05) is 0 Å². The predicted molar refractivity (Wildman–Crippen MR) is 107 cm³/mol. The summed E-state index contributed by atoms with van der Waals surface area (Å²) < 4.78 is 53.3. The second kappa shape index (κ2) is 8.04. The average Bonchev–Trinajstić information content (AvgIpc) is 3.20. The van der Waals surface area contributed by atoms with Crippen LogP contribution in [-0.4, -0.2) is 55.0 Å².